The molecule has 0 heterocycles. The largest absolute Gasteiger partial charge is 4.00 e. The number of carbonyl (C=O) groups is 2. The summed E-state index contributed by atoms with van der Waals surface area (Å²) < 4.78 is 0. The van der Waals surface area contributed by atoms with Gasteiger partial charge in [0.1, 0.15) is 0 Å². The number of rotatable bonds is 0. The van der Waals surface area contributed by atoms with Gasteiger partial charge in [-0.3, -0.25) is 0 Å². The zero-order chi connectivity index (χ0) is 7.15. The molecule has 0 amide bonds. The van der Waals surface area contributed by atoms with Gasteiger partial charge in [0.05, 0.1) is 0 Å². The fraction of sp³-hybridized carbons (Fsp3) is 0. The summed E-state index contributed by atoms with van der Waals surface area (Å²) in [5, 5.41) is 33.3. The van der Waals surface area contributed by atoms with Crippen LogP contribution in [-0.2, 0) is 84.3 Å². The second-order valence-corrected chi connectivity index (χ2v) is 0.500. The summed E-state index contributed by atoms with van der Waals surface area (Å²) in [5.41, 5.74) is 0. The van der Waals surface area contributed by atoms with Crippen LogP contribution >= 0.6 is 0 Å². The van der Waals surface area contributed by atoms with E-state index in [-0.39, 0.29) is 177 Å². The van der Waals surface area contributed by atoms with Crippen LogP contribution in [0.1, 0.15) is 0 Å². The van der Waals surface area contributed by atoms with Crippen molar-refractivity contribution in [3.63, 3.8) is 0 Å². The Balaban J connectivity index is -0.000000000750. The maximum atomic E-state index is 8.33. The van der Waals surface area contributed by atoms with Gasteiger partial charge in [0, 0.05) is 0 Å². The number of nitrogens with two attached hydrogens (primary N) is 8. The Morgan fingerprint density at radius 2 is 0.357 bits per heavy atom. The number of hydrogen-bond donors (Lipinski definition) is 0. The van der Waals surface area contributed by atoms with Crippen LogP contribution in [0.15, 0.2) is 0 Å². The van der Waals surface area contributed by atoms with Crippen molar-refractivity contribution in [2.75, 3.05) is 0 Å². The van der Waals surface area contributed by atoms with E-state index in [1.807, 2.05) is 0 Å². The van der Waals surface area contributed by atoms with E-state index in [1.54, 1.807) is 0 Å². The summed E-state index contributed by atoms with van der Waals surface area (Å²) in [5.74, 6) is 0. The molecule has 0 spiro atoms. The first-order valence-corrected chi connectivity index (χ1v) is 1.22. The fourth-order valence-electron chi connectivity index (χ4n) is 0. The van der Waals surface area contributed by atoms with Gasteiger partial charge in [-0.25, -0.2) is 0 Å². The van der Waals surface area contributed by atoms with Crippen molar-refractivity contribution in [1.82, 2.24) is 0 Å². The van der Waals surface area contributed by atoms with Crippen molar-refractivity contribution in [2.24, 2.45) is 0 Å². The Hall–Kier alpha value is 0.653. The van der Waals surface area contributed by atoms with E-state index in [1.165, 1.54) is 0 Å². The first-order chi connectivity index (χ1) is 3.46. The molecular formula is C2H28N8O14Pt4. The van der Waals surface area contributed by atoms with Crippen LogP contribution in [0.5, 0.6) is 0 Å². The van der Waals surface area contributed by atoms with Crippen molar-refractivity contribution in [3.05, 3.63) is 49.2 Å². The van der Waals surface area contributed by atoms with Crippen molar-refractivity contribution in [1.29, 1.82) is 0 Å². The summed E-state index contributed by atoms with van der Waals surface area (Å²) >= 11 is 0. The zero-order valence-electron chi connectivity index (χ0n) is 13.1. The van der Waals surface area contributed by atoms with Crippen LogP contribution < -0.4 is 20.4 Å². The molecule has 0 radical (unpaired) electrons. The summed E-state index contributed by atoms with van der Waals surface area (Å²) in [6, 6.07) is 0. The molecule has 22 nitrogen and oxygen atoms in total. The smallest absolute Gasteiger partial charge is 0.870 e. The van der Waals surface area contributed by atoms with E-state index < -0.39 is 12.3 Å². The zero-order valence-corrected chi connectivity index (χ0v) is 22.2. The minimum Gasteiger partial charge on any atom is -0.870 e. The molecule has 0 aliphatic heterocycles. The van der Waals surface area contributed by atoms with E-state index in [9.17, 15) is 0 Å². The third kappa shape index (κ3) is 41100. The Morgan fingerprint density at radius 1 is 0.357 bits per heavy atom. The van der Waals surface area contributed by atoms with Gasteiger partial charge in [-0.1, -0.05) is 0 Å². The molecule has 0 saturated carbocycles. The van der Waals surface area contributed by atoms with Gasteiger partial charge in [-0.05, 0) is 12.3 Å². The van der Waals surface area contributed by atoms with Gasteiger partial charge in [0.2, 0.25) is 0 Å². The average Bonchev–Trinajstić information content (AvgIpc) is 1.25. The summed E-state index contributed by atoms with van der Waals surface area (Å²) in [6.07, 6.45) is -4.67. The first kappa shape index (κ1) is 495. The maximum Gasteiger partial charge on any atom is 4.00 e. The molecule has 0 saturated heterocycles. The standard InChI is InChI=1S/2CH2O3.8H2N.8H2O.4Pt/c2*2-1(3)4;;;;;;;;;;;;;;;;;;;;/h2*(H2,2,3,4);16*1H2;;;;/q;;8*-1;;;;;;;;;4*+4/p-8. The van der Waals surface area contributed by atoms with Crippen molar-refractivity contribution < 1.29 is 158 Å². The van der Waals surface area contributed by atoms with Gasteiger partial charge in [0.15, 0.2) is 0 Å². The minimum absolute atomic E-state index is 0. The molecule has 200 valence electrons. The molecule has 0 rings (SSSR count). The topological polar surface area (TPSA) is 640 Å². The maximum absolute atomic E-state index is 8.33. The Kier molecular flexibility index (Phi) is 7850. The molecule has 0 fully saturated rings. The quantitative estimate of drug-likeness (QED) is 0.234. The third-order valence-corrected chi connectivity index (χ3v) is 0. The Labute approximate surface area is 218 Å². The van der Waals surface area contributed by atoms with Gasteiger partial charge in [-0.2, -0.15) is 0 Å². The van der Waals surface area contributed by atoms with Crippen LogP contribution in [0.3, 0.4) is 0 Å². The predicted octanol–water partition coefficient (Wildman–Crippen LogP) is -3.17. The normalized spacial score (nSPS) is 1.71. The monoisotopic (exact) mass is 1170 g/mol. The molecule has 28 heavy (non-hydrogen) atoms. The summed E-state index contributed by atoms with van der Waals surface area (Å²) in [4.78, 5) is 16.7. The van der Waals surface area contributed by atoms with Gasteiger partial charge < -0.3 is 123 Å². The van der Waals surface area contributed by atoms with Crippen LogP contribution in [0.25, 0.3) is 49.2 Å². The van der Waals surface area contributed by atoms with E-state index in [0.29, 0.717) is 0 Å². The number of hydrogen-bond acceptors (Lipinski definition) is 10. The van der Waals surface area contributed by atoms with Crippen molar-refractivity contribution >= 4 is 12.3 Å². The Morgan fingerprint density at radius 3 is 0.357 bits per heavy atom. The number of carboxylic acid groups (broad SMARTS) is 4. The summed E-state index contributed by atoms with van der Waals surface area (Å²) in [6.45, 7) is 0. The number of carbonyl (C=O) groups excluding carboxylic acids is 2. The van der Waals surface area contributed by atoms with Crippen LogP contribution in [-0.4, -0.2) is 56.1 Å². The van der Waals surface area contributed by atoms with Crippen LogP contribution in [0, 0.1) is 0 Å². The molecule has 0 atom stereocenters. The van der Waals surface area contributed by atoms with E-state index in [4.69, 9.17) is 30.0 Å². The molecule has 0 aliphatic rings. The molecule has 0 aromatic carbocycles. The second-order valence-electron chi connectivity index (χ2n) is 0.500. The molecule has 0 aromatic rings. The predicted molar refractivity (Wildman–Crippen MR) is 75.3 cm³/mol. The van der Waals surface area contributed by atoms with Crippen molar-refractivity contribution in [2.45, 2.75) is 0 Å². The van der Waals surface area contributed by atoms with Gasteiger partial charge in [0.25, 0.3) is 0 Å². The third-order valence-electron chi connectivity index (χ3n) is 0. The molecule has 0 aromatic heterocycles. The molecule has 0 unspecified atom stereocenters. The van der Waals surface area contributed by atoms with Gasteiger partial charge >= 0.3 is 84.3 Å². The molecule has 28 N–H and O–H groups in total. The molecule has 26 heteroatoms. The Bertz CT molecular complexity index is 105. The molecular weight excluding hydrogens is 1140 g/mol. The molecule has 0 aliphatic carbocycles. The fourth-order valence-corrected chi connectivity index (χ4v) is 0. The van der Waals surface area contributed by atoms with Gasteiger partial charge in [-0.15, -0.1) is 0 Å². The van der Waals surface area contributed by atoms with E-state index >= 15 is 0 Å². The van der Waals surface area contributed by atoms with E-state index in [0.717, 1.165) is 0 Å². The van der Waals surface area contributed by atoms with E-state index in [2.05, 4.69) is 0 Å². The minimum atomic E-state index is -2.33. The van der Waals surface area contributed by atoms with Crippen LogP contribution in [0.2, 0.25) is 0 Å². The average molecular weight is 1170 g/mol. The summed E-state index contributed by atoms with van der Waals surface area (Å²) in [7, 11) is 0. The van der Waals surface area contributed by atoms with Crippen molar-refractivity contribution in [3.8, 4) is 0 Å². The van der Waals surface area contributed by atoms with Crippen LogP contribution in [0.4, 0.5) is 9.59 Å². The second kappa shape index (κ2) is 444. The first-order valence-electron chi connectivity index (χ1n) is 1.22. The molecule has 0 bridgehead atoms. The SMILES string of the molecule is O.O.O.O.O=C([O-])[O-].O=C([O-])[O-].[NH2-].[NH2-].[NH2-].[NH2-].[NH2-].[NH2-].[NH2-].[NH2-].[OH-].[OH-].[OH-].[OH-].[Pt+4].[Pt+4].[Pt+4].[Pt+4].